The maximum Gasteiger partial charge on any atom is 0.323 e. The van der Waals surface area contributed by atoms with Crippen LogP contribution in [-0.2, 0) is 0 Å². The van der Waals surface area contributed by atoms with Gasteiger partial charge in [-0.25, -0.2) is 19.2 Å². The molecule has 6 aromatic carbocycles. The Balaban J connectivity index is 0.793. The second-order valence-electron chi connectivity index (χ2n) is 18.4. The van der Waals surface area contributed by atoms with Gasteiger partial charge in [0.05, 0.1) is 26.2 Å². The van der Waals surface area contributed by atoms with Crippen molar-refractivity contribution in [3.05, 3.63) is 167 Å². The highest BCUT2D eigenvalue weighted by Crippen LogP contribution is 2.24. The largest absolute Gasteiger partial charge is 0.368 e. The number of carbonyl (C=O) groups excluding carboxylic acids is 6. The van der Waals surface area contributed by atoms with Crippen molar-refractivity contribution in [2.24, 2.45) is 20.0 Å². The average molecular weight is 1080 g/mol. The van der Waals surface area contributed by atoms with Gasteiger partial charge in [0.2, 0.25) is 0 Å². The van der Waals surface area contributed by atoms with Gasteiger partial charge in [0.1, 0.15) is 23.3 Å². The molecule has 4 aliphatic rings. The molecule has 80 heavy (non-hydrogen) atoms. The third kappa shape index (κ3) is 14.2. The molecule has 14 N–H and O–H groups in total. The number of rotatable bonds is 17. The Morgan fingerprint density at radius 3 is 0.750 bits per heavy atom. The second kappa shape index (κ2) is 24.9. The van der Waals surface area contributed by atoms with Gasteiger partial charge in [0, 0.05) is 118 Å². The van der Waals surface area contributed by atoms with E-state index in [2.05, 4.69) is 94.4 Å². The van der Waals surface area contributed by atoms with Crippen LogP contribution in [0.15, 0.2) is 153 Å². The molecule has 0 bridgehead atoms. The van der Waals surface area contributed by atoms with E-state index in [9.17, 15) is 28.8 Å². The summed E-state index contributed by atoms with van der Waals surface area (Å²) < 4.78 is 0. The first-order chi connectivity index (χ1) is 39.0. The predicted molar refractivity (Wildman–Crippen MR) is 312 cm³/mol. The molecule has 0 saturated heterocycles. The van der Waals surface area contributed by atoms with Gasteiger partial charge in [0.25, 0.3) is 11.8 Å². The van der Waals surface area contributed by atoms with E-state index >= 15 is 0 Å². The molecule has 0 saturated carbocycles. The van der Waals surface area contributed by atoms with Crippen LogP contribution in [0.25, 0.3) is 0 Å². The van der Waals surface area contributed by atoms with E-state index in [4.69, 9.17) is 0 Å². The van der Waals surface area contributed by atoms with Crippen LogP contribution >= 0.6 is 0 Å². The average Bonchev–Trinajstić information content (AvgIpc) is 4.33. The van der Waals surface area contributed by atoms with E-state index in [0.29, 0.717) is 48.9 Å². The fourth-order valence-corrected chi connectivity index (χ4v) is 8.75. The molecule has 0 fully saturated rings. The standard InChI is InChI=1S/C56H56N18O6/c75-51(37-27-43(71-53(77)67-39-9-1-33(2-10-39)47-57-17-18-58-47)31-44(28-37)72-54(78)68-40-11-3-34(4-12-40)48-59-19-20-60-48)65-25-26-66-52(76)38-29-45(73-55(79)69-41-13-5-35(6-14-41)49-61-21-22-62-49)32-46(30-38)74-56(80)70-42-15-7-36(8-16-42)50-63-23-24-64-50/h1-16,27-32H,17-26H2,(H,57,58)(H,59,60)(H,61,62)(H,63,64)(H,65,75)(H,66,76)(H2,67,71,77)(H2,68,72,78)(H2,69,73,79)(H2,70,74,80). The highest BCUT2D eigenvalue weighted by molar-refractivity contribution is 6.08. The van der Waals surface area contributed by atoms with Crippen LogP contribution in [0.5, 0.6) is 0 Å². The molecule has 4 heterocycles. The third-order valence-corrected chi connectivity index (χ3v) is 12.5. The summed E-state index contributed by atoms with van der Waals surface area (Å²) in [6, 6.07) is 34.9. The van der Waals surface area contributed by atoms with Gasteiger partial charge in [-0.05, 0) is 133 Å². The SMILES string of the molecule is O=C(Nc1ccc(C2=NCCN2)cc1)Nc1cc(NC(=O)Nc2ccc(C3=NCCN3)cc2)cc(C(=O)NCCNC(=O)c2cc(NC(=O)Nc3ccc(C4=NCCN4)cc3)cc(NC(=O)Nc3ccc(C4=NCCN4)cc3)c2)c1. The van der Waals surface area contributed by atoms with E-state index in [0.717, 1.165) is 71.8 Å². The molecular formula is C56H56N18O6. The van der Waals surface area contributed by atoms with Crippen LogP contribution in [0, 0.1) is 0 Å². The fourth-order valence-electron chi connectivity index (χ4n) is 8.75. The number of amides is 10. The molecule has 10 amide bonds. The minimum atomic E-state index is -0.610. The number of aliphatic imine (C=N–C) groups is 4. The first-order valence-electron chi connectivity index (χ1n) is 25.8. The zero-order valence-electron chi connectivity index (χ0n) is 43.0. The number of nitrogens with zero attached hydrogens (tertiary/aromatic N) is 4. The van der Waals surface area contributed by atoms with E-state index in [1.54, 1.807) is 48.5 Å². The van der Waals surface area contributed by atoms with Gasteiger partial charge in [-0.2, -0.15) is 0 Å². The number of hydrogen-bond donors (Lipinski definition) is 14. The van der Waals surface area contributed by atoms with E-state index in [1.807, 2.05) is 48.5 Å². The Kier molecular flexibility index (Phi) is 16.4. The Morgan fingerprint density at radius 1 is 0.312 bits per heavy atom. The maximum atomic E-state index is 13.8. The molecule has 6 aromatic rings. The lowest BCUT2D eigenvalue weighted by Crippen LogP contribution is -2.35. The number of anilines is 8. The molecule has 4 aliphatic heterocycles. The van der Waals surface area contributed by atoms with E-state index in [-0.39, 0.29) is 47.0 Å². The summed E-state index contributed by atoms with van der Waals surface area (Å²) >= 11 is 0. The Morgan fingerprint density at radius 2 is 0.537 bits per heavy atom. The zero-order valence-corrected chi connectivity index (χ0v) is 43.0. The molecule has 0 radical (unpaired) electrons. The minimum absolute atomic E-state index is 0.0555. The van der Waals surface area contributed by atoms with Crippen LogP contribution in [0.3, 0.4) is 0 Å². The first kappa shape index (κ1) is 52.7. The number of amidine groups is 4. The fraction of sp³-hybridized carbons (Fsp3) is 0.179. The molecular weight excluding hydrogens is 1020 g/mol. The van der Waals surface area contributed by atoms with Crippen LogP contribution in [-0.4, -0.2) is 125 Å². The van der Waals surface area contributed by atoms with Crippen LogP contribution in [0.4, 0.5) is 64.7 Å². The van der Waals surface area contributed by atoms with Crippen molar-refractivity contribution in [1.29, 1.82) is 0 Å². The second-order valence-corrected chi connectivity index (χ2v) is 18.4. The lowest BCUT2D eigenvalue weighted by atomic mass is 10.1. The van der Waals surface area contributed by atoms with Crippen molar-refractivity contribution in [3.63, 3.8) is 0 Å². The lowest BCUT2D eigenvalue weighted by molar-refractivity contribution is 0.0928. The summed E-state index contributed by atoms with van der Waals surface area (Å²) in [5, 5.41) is 40.5. The molecule has 0 spiro atoms. The number of carbonyl (C=O) groups is 6. The summed E-state index contributed by atoms with van der Waals surface area (Å²) in [5.41, 5.74) is 6.41. The van der Waals surface area contributed by atoms with Crippen LogP contribution in [0.1, 0.15) is 43.0 Å². The summed E-state index contributed by atoms with van der Waals surface area (Å²) in [6.07, 6.45) is 0. The number of urea groups is 4. The van der Waals surface area contributed by atoms with Crippen LogP contribution < -0.4 is 74.4 Å². The molecule has 406 valence electrons. The quantitative estimate of drug-likeness (QED) is 0.0485. The van der Waals surface area contributed by atoms with Gasteiger partial charge in [0.15, 0.2) is 0 Å². The van der Waals surface area contributed by atoms with Gasteiger partial charge in [-0.3, -0.25) is 29.6 Å². The summed E-state index contributed by atoms with van der Waals surface area (Å²) in [4.78, 5) is 98.6. The van der Waals surface area contributed by atoms with Gasteiger partial charge in [-0.1, -0.05) is 0 Å². The lowest BCUT2D eigenvalue weighted by Gasteiger charge is -2.15. The monoisotopic (exact) mass is 1080 g/mol. The van der Waals surface area contributed by atoms with E-state index < -0.39 is 35.9 Å². The number of nitrogens with one attached hydrogen (secondary N) is 14. The number of hydrogen-bond acceptors (Lipinski definition) is 14. The molecule has 0 aromatic heterocycles. The first-order valence-corrected chi connectivity index (χ1v) is 25.8. The minimum Gasteiger partial charge on any atom is -0.368 e. The van der Waals surface area contributed by atoms with Gasteiger partial charge >= 0.3 is 24.1 Å². The summed E-state index contributed by atoms with van der Waals surface area (Å²) in [7, 11) is 0. The molecule has 0 unspecified atom stereocenters. The zero-order chi connectivity index (χ0) is 55.2. The van der Waals surface area contributed by atoms with Crippen molar-refractivity contribution in [2.45, 2.75) is 0 Å². The van der Waals surface area contributed by atoms with Crippen molar-refractivity contribution >= 4 is 105 Å². The summed E-state index contributed by atoms with van der Waals surface area (Å²) in [5.74, 6) is 1.94. The van der Waals surface area contributed by atoms with Gasteiger partial charge < -0.3 is 74.4 Å². The Hall–Kier alpha value is -10.8. The van der Waals surface area contributed by atoms with Crippen molar-refractivity contribution < 1.29 is 28.8 Å². The number of benzene rings is 6. The molecule has 10 rings (SSSR count). The predicted octanol–water partition coefficient (Wildman–Crippen LogP) is 5.82. The molecule has 24 heteroatoms. The Labute approximate surface area is 458 Å². The maximum absolute atomic E-state index is 13.8. The highest BCUT2D eigenvalue weighted by Gasteiger charge is 2.18. The molecule has 0 atom stereocenters. The summed E-state index contributed by atoms with van der Waals surface area (Å²) in [6.45, 7) is 5.66. The topological polar surface area (TPSA) is 320 Å². The van der Waals surface area contributed by atoms with E-state index in [1.165, 1.54) is 36.4 Å². The molecule has 0 aliphatic carbocycles. The van der Waals surface area contributed by atoms with Gasteiger partial charge in [-0.15, -0.1) is 0 Å². The third-order valence-electron chi connectivity index (χ3n) is 12.5. The normalized spacial score (nSPS) is 13.9. The smallest absolute Gasteiger partial charge is 0.323 e. The Bertz CT molecular complexity index is 3020. The van der Waals surface area contributed by atoms with Crippen molar-refractivity contribution in [1.82, 2.24) is 31.9 Å². The molecule has 24 nitrogen and oxygen atoms in total. The highest BCUT2D eigenvalue weighted by atomic mass is 16.2. The van der Waals surface area contributed by atoms with Crippen molar-refractivity contribution in [3.8, 4) is 0 Å². The van der Waals surface area contributed by atoms with Crippen molar-refractivity contribution in [2.75, 3.05) is 108 Å². The van der Waals surface area contributed by atoms with Crippen LogP contribution in [0.2, 0.25) is 0 Å².